The Bertz CT molecular complexity index is 938. The molecule has 206 valence electrons. The van der Waals surface area contributed by atoms with Gasteiger partial charge in [0.15, 0.2) is 11.5 Å². The molecule has 4 heterocycles. The number of carbonyl (C=O) groups is 1. The number of ether oxygens (including phenoxy) is 3. The van der Waals surface area contributed by atoms with E-state index in [1.807, 2.05) is 4.90 Å². The SMILES string of the molecule is COc1cc2c(cc1OC)[C@H]1C[C@@H](COC(=O)N3CCN4CCCCCC4C3)[C@H](CC(C)C)CN1CC2. The fraction of sp³-hybridized carbons (Fsp3) is 0.767. The Hall–Kier alpha value is -1.99. The molecule has 0 aromatic heterocycles. The standard InChI is InChI=1S/C30H47N3O4/c1-21(2)14-23-18-32-11-9-22-16-28(35-3)29(36-4)17-26(22)27(32)15-24(23)20-37-30(34)33-13-12-31-10-7-5-6-8-25(31)19-33/h16-17,21,23-25,27H,5-15,18-20H2,1-4H3/t23-,24+,25?,27-/m1/s1. The van der Waals surface area contributed by atoms with Crippen molar-refractivity contribution in [1.29, 1.82) is 0 Å². The van der Waals surface area contributed by atoms with E-state index in [2.05, 4.69) is 35.8 Å². The molecule has 0 N–H and O–H groups in total. The highest BCUT2D eigenvalue weighted by molar-refractivity contribution is 5.67. The van der Waals surface area contributed by atoms with E-state index >= 15 is 0 Å². The third-order valence-electron chi connectivity index (χ3n) is 9.32. The first-order valence-corrected chi connectivity index (χ1v) is 14.6. The van der Waals surface area contributed by atoms with E-state index in [0.717, 1.165) is 57.1 Å². The molecule has 1 unspecified atom stereocenters. The highest BCUT2D eigenvalue weighted by atomic mass is 16.6. The lowest BCUT2D eigenvalue weighted by molar-refractivity contribution is -0.00147. The largest absolute Gasteiger partial charge is 0.493 e. The topological polar surface area (TPSA) is 54.5 Å². The third-order valence-corrected chi connectivity index (χ3v) is 9.32. The van der Waals surface area contributed by atoms with Gasteiger partial charge < -0.3 is 19.1 Å². The summed E-state index contributed by atoms with van der Waals surface area (Å²) in [7, 11) is 3.41. The van der Waals surface area contributed by atoms with Crippen LogP contribution in [-0.4, -0.2) is 86.9 Å². The number of amides is 1. The Morgan fingerprint density at radius 3 is 2.54 bits per heavy atom. The average Bonchev–Trinajstić information content (AvgIpc) is 3.15. The van der Waals surface area contributed by atoms with Gasteiger partial charge in [0.1, 0.15) is 0 Å². The summed E-state index contributed by atoms with van der Waals surface area (Å²) >= 11 is 0. The number of fused-ring (bicyclic) bond motifs is 4. The minimum absolute atomic E-state index is 0.106. The normalized spacial score (nSPS) is 28.6. The van der Waals surface area contributed by atoms with Gasteiger partial charge in [-0.15, -0.1) is 0 Å². The molecule has 3 saturated heterocycles. The van der Waals surface area contributed by atoms with Crippen molar-refractivity contribution in [1.82, 2.24) is 14.7 Å². The van der Waals surface area contributed by atoms with Gasteiger partial charge >= 0.3 is 6.09 Å². The Morgan fingerprint density at radius 2 is 1.76 bits per heavy atom. The molecule has 5 rings (SSSR count). The number of piperidine rings is 1. The first kappa shape index (κ1) is 26.6. The van der Waals surface area contributed by atoms with Crippen LogP contribution >= 0.6 is 0 Å². The maximum Gasteiger partial charge on any atom is 0.409 e. The number of carbonyl (C=O) groups excluding carboxylic acids is 1. The van der Waals surface area contributed by atoms with E-state index in [1.54, 1.807) is 14.2 Å². The molecular formula is C30H47N3O4. The van der Waals surface area contributed by atoms with Crippen LogP contribution in [0, 0.1) is 17.8 Å². The molecule has 7 nitrogen and oxygen atoms in total. The fourth-order valence-corrected chi connectivity index (χ4v) is 7.35. The van der Waals surface area contributed by atoms with E-state index in [4.69, 9.17) is 14.2 Å². The summed E-state index contributed by atoms with van der Waals surface area (Å²) in [6.45, 7) is 11.1. The second kappa shape index (κ2) is 11.8. The van der Waals surface area contributed by atoms with Gasteiger partial charge in [-0.05, 0) is 79.7 Å². The monoisotopic (exact) mass is 513 g/mol. The van der Waals surface area contributed by atoms with Crippen molar-refractivity contribution >= 4 is 6.09 Å². The average molecular weight is 514 g/mol. The number of methoxy groups -OCH3 is 2. The van der Waals surface area contributed by atoms with Crippen molar-refractivity contribution in [2.75, 3.05) is 60.1 Å². The molecule has 4 atom stereocenters. The van der Waals surface area contributed by atoms with Crippen molar-refractivity contribution in [3.8, 4) is 11.5 Å². The van der Waals surface area contributed by atoms with Gasteiger partial charge in [-0.1, -0.05) is 26.7 Å². The summed E-state index contributed by atoms with van der Waals surface area (Å²) in [5.41, 5.74) is 2.71. The number of piperazine rings is 1. The number of nitrogens with zero attached hydrogens (tertiary/aromatic N) is 3. The summed E-state index contributed by atoms with van der Waals surface area (Å²) in [6.07, 6.45) is 8.20. The molecule has 4 aliphatic heterocycles. The Balaban J connectivity index is 1.27. The molecule has 1 aromatic rings. The van der Waals surface area contributed by atoms with Crippen molar-refractivity contribution in [2.24, 2.45) is 17.8 Å². The maximum atomic E-state index is 13.2. The minimum atomic E-state index is -0.106. The van der Waals surface area contributed by atoms with Crippen molar-refractivity contribution < 1.29 is 19.0 Å². The van der Waals surface area contributed by atoms with Gasteiger partial charge in [0.25, 0.3) is 0 Å². The van der Waals surface area contributed by atoms with Crippen LogP contribution in [0.15, 0.2) is 12.1 Å². The lowest BCUT2D eigenvalue weighted by Crippen LogP contribution is -2.54. The molecule has 0 saturated carbocycles. The summed E-state index contributed by atoms with van der Waals surface area (Å²) < 4.78 is 17.3. The lowest BCUT2D eigenvalue weighted by atomic mass is 9.74. The second-order valence-electron chi connectivity index (χ2n) is 12.1. The van der Waals surface area contributed by atoms with Crippen LogP contribution in [0.1, 0.15) is 69.5 Å². The van der Waals surface area contributed by atoms with Gasteiger partial charge in [-0.25, -0.2) is 4.79 Å². The van der Waals surface area contributed by atoms with Crippen LogP contribution in [0.25, 0.3) is 0 Å². The van der Waals surface area contributed by atoms with Gasteiger partial charge in [0, 0.05) is 44.8 Å². The number of rotatable bonds is 6. The predicted octanol–water partition coefficient (Wildman–Crippen LogP) is 4.98. The van der Waals surface area contributed by atoms with E-state index in [-0.39, 0.29) is 6.09 Å². The van der Waals surface area contributed by atoms with E-state index in [9.17, 15) is 4.79 Å². The van der Waals surface area contributed by atoms with Gasteiger partial charge in [-0.3, -0.25) is 9.80 Å². The summed E-state index contributed by atoms with van der Waals surface area (Å²) in [6, 6.07) is 5.19. The van der Waals surface area contributed by atoms with Gasteiger partial charge in [0.2, 0.25) is 0 Å². The zero-order chi connectivity index (χ0) is 25.9. The van der Waals surface area contributed by atoms with Crippen LogP contribution in [-0.2, 0) is 11.2 Å². The molecule has 37 heavy (non-hydrogen) atoms. The molecule has 0 spiro atoms. The Morgan fingerprint density at radius 1 is 0.946 bits per heavy atom. The maximum absolute atomic E-state index is 13.2. The smallest absolute Gasteiger partial charge is 0.409 e. The van der Waals surface area contributed by atoms with Gasteiger partial charge in [0.05, 0.1) is 20.8 Å². The molecule has 0 aliphatic carbocycles. The second-order valence-corrected chi connectivity index (χ2v) is 12.1. The van der Waals surface area contributed by atoms with E-state index in [1.165, 1.54) is 49.8 Å². The number of hydrogen-bond donors (Lipinski definition) is 0. The lowest BCUT2D eigenvalue weighted by Gasteiger charge is -2.47. The molecular weight excluding hydrogens is 466 g/mol. The zero-order valence-corrected chi connectivity index (χ0v) is 23.4. The highest BCUT2D eigenvalue weighted by Crippen LogP contribution is 2.45. The van der Waals surface area contributed by atoms with E-state index < -0.39 is 0 Å². The van der Waals surface area contributed by atoms with Crippen molar-refractivity contribution in [3.63, 3.8) is 0 Å². The molecule has 4 aliphatic rings. The molecule has 0 bridgehead atoms. The fourth-order valence-electron chi connectivity index (χ4n) is 7.35. The first-order valence-electron chi connectivity index (χ1n) is 14.6. The highest BCUT2D eigenvalue weighted by Gasteiger charge is 2.40. The number of benzene rings is 1. The summed E-state index contributed by atoms with van der Waals surface area (Å²) in [5.74, 6) is 3.15. The van der Waals surface area contributed by atoms with Gasteiger partial charge in [-0.2, -0.15) is 0 Å². The molecule has 1 amide bonds. The molecule has 3 fully saturated rings. The summed E-state index contributed by atoms with van der Waals surface area (Å²) in [5, 5.41) is 0. The Labute approximate surface area is 223 Å². The van der Waals surface area contributed by atoms with Crippen LogP contribution < -0.4 is 9.47 Å². The number of hydrogen-bond acceptors (Lipinski definition) is 6. The first-order chi connectivity index (χ1) is 18.0. The minimum Gasteiger partial charge on any atom is -0.493 e. The van der Waals surface area contributed by atoms with Crippen LogP contribution in [0.2, 0.25) is 0 Å². The summed E-state index contributed by atoms with van der Waals surface area (Å²) in [4.78, 5) is 20.4. The van der Waals surface area contributed by atoms with Crippen LogP contribution in [0.5, 0.6) is 11.5 Å². The predicted molar refractivity (Wildman–Crippen MR) is 145 cm³/mol. The zero-order valence-electron chi connectivity index (χ0n) is 23.4. The molecule has 1 aromatic carbocycles. The van der Waals surface area contributed by atoms with Crippen molar-refractivity contribution in [3.05, 3.63) is 23.3 Å². The van der Waals surface area contributed by atoms with Crippen molar-refractivity contribution in [2.45, 2.75) is 70.9 Å². The Kier molecular flexibility index (Phi) is 8.50. The quantitative estimate of drug-likeness (QED) is 0.535. The van der Waals surface area contributed by atoms with E-state index in [0.29, 0.717) is 36.4 Å². The van der Waals surface area contributed by atoms with Crippen LogP contribution in [0.4, 0.5) is 4.79 Å². The molecule has 7 heteroatoms. The third kappa shape index (κ3) is 5.88. The van der Waals surface area contributed by atoms with Crippen LogP contribution in [0.3, 0.4) is 0 Å². The molecule has 0 radical (unpaired) electrons.